The van der Waals surface area contributed by atoms with Gasteiger partial charge in [-0.3, -0.25) is 9.59 Å². The Bertz CT molecular complexity index is 1180. The second kappa shape index (κ2) is 10.7. The lowest BCUT2D eigenvalue weighted by atomic mass is 9.43. The Kier molecular flexibility index (Phi) is 7.69. The molecule has 4 aliphatic rings. The van der Waals surface area contributed by atoms with Crippen LogP contribution in [0.25, 0.3) is 0 Å². The molecule has 0 radical (unpaired) electrons. The molecule has 1 heterocycles. The average Bonchev–Trinajstić information content (AvgIpc) is 3.26. The molecule has 0 aromatic heterocycles. The van der Waals surface area contributed by atoms with Crippen LogP contribution < -0.4 is 10.6 Å². The second-order valence-corrected chi connectivity index (χ2v) is 13.1. The van der Waals surface area contributed by atoms with E-state index in [1.165, 1.54) is 6.42 Å². The topological polar surface area (TPSA) is 76.7 Å². The SMILES string of the molecule is Cc1ccc(C(CC(=O)N[C@@H](CC(C)C)B2O[C@@H]3C[C@H]4C[C@H](C4(C)C)[C@]3(C)O2)NC(=O)c2ccccc2)cc1. The number of hydrogen-bond donors (Lipinski definition) is 2. The molecule has 3 aliphatic carbocycles. The van der Waals surface area contributed by atoms with Gasteiger partial charge in [0.15, 0.2) is 0 Å². The fraction of sp³-hybridized carbons (Fsp3) is 0.562. The zero-order valence-electron chi connectivity index (χ0n) is 24.2. The molecule has 2 N–H and O–H groups in total. The predicted octanol–water partition coefficient (Wildman–Crippen LogP) is 5.65. The first-order valence-electron chi connectivity index (χ1n) is 14.5. The maximum absolute atomic E-state index is 13.6. The molecule has 1 unspecified atom stereocenters. The molecule has 4 fully saturated rings. The largest absolute Gasteiger partial charge is 0.481 e. The lowest BCUT2D eigenvalue weighted by Crippen LogP contribution is -2.65. The van der Waals surface area contributed by atoms with Crippen molar-refractivity contribution in [1.82, 2.24) is 10.6 Å². The van der Waals surface area contributed by atoms with Gasteiger partial charge < -0.3 is 19.9 Å². The van der Waals surface area contributed by atoms with E-state index in [9.17, 15) is 9.59 Å². The van der Waals surface area contributed by atoms with Crippen molar-refractivity contribution in [2.24, 2.45) is 23.2 Å². The molecule has 0 spiro atoms. The van der Waals surface area contributed by atoms with Gasteiger partial charge in [-0.2, -0.15) is 0 Å². The van der Waals surface area contributed by atoms with Crippen molar-refractivity contribution in [3.8, 4) is 0 Å². The van der Waals surface area contributed by atoms with Crippen molar-refractivity contribution in [3.05, 3.63) is 71.3 Å². The smallest absolute Gasteiger partial charge is 0.404 e. The summed E-state index contributed by atoms with van der Waals surface area (Å²) >= 11 is 0. The van der Waals surface area contributed by atoms with Crippen LogP contribution in [0.15, 0.2) is 54.6 Å². The summed E-state index contributed by atoms with van der Waals surface area (Å²) in [7, 11) is -0.474. The van der Waals surface area contributed by atoms with Gasteiger partial charge in [0.05, 0.1) is 30.1 Å². The fourth-order valence-electron chi connectivity index (χ4n) is 7.15. The third-order valence-corrected chi connectivity index (χ3v) is 9.58. The van der Waals surface area contributed by atoms with Gasteiger partial charge in [-0.05, 0) is 74.0 Å². The van der Waals surface area contributed by atoms with Crippen molar-refractivity contribution in [2.75, 3.05) is 0 Å². The number of nitrogens with one attached hydrogen (secondary N) is 2. The monoisotopic (exact) mass is 530 g/mol. The van der Waals surface area contributed by atoms with Gasteiger partial charge in [0, 0.05) is 5.56 Å². The molecule has 39 heavy (non-hydrogen) atoms. The highest BCUT2D eigenvalue weighted by atomic mass is 16.7. The van der Waals surface area contributed by atoms with E-state index in [1.807, 2.05) is 49.4 Å². The molecular formula is C32H43BN2O4. The zero-order valence-corrected chi connectivity index (χ0v) is 24.2. The van der Waals surface area contributed by atoms with Gasteiger partial charge in [0.2, 0.25) is 5.91 Å². The van der Waals surface area contributed by atoms with E-state index < -0.39 is 13.2 Å². The molecule has 7 heteroatoms. The van der Waals surface area contributed by atoms with E-state index in [-0.39, 0.29) is 41.3 Å². The van der Waals surface area contributed by atoms with E-state index in [2.05, 4.69) is 45.3 Å². The van der Waals surface area contributed by atoms with Crippen LogP contribution in [0, 0.1) is 30.1 Å². The predicted molar refractivity (Wildman–Crippen MR) is 154 cm³/mol. The summed E-state index contributed by atoms with van der Waals surface area (Å²) in [5.74, 6) is 0.903. The summed E-state index contributed by atoms with van der Waals surface area (Å²) in [6, 6.07) is 16.6. The van der Waals surface area contributed by atoms with E-state index >= 15 is 0 Å². The molecule has 2 amide bonds. The Morgan fingerprint density at radius 3 is 2.33 bits per heavy atom. The minimum atomic E-state index is -0.474. The van der Waals surface area contributed by atoms with E-state index in [1.54, 1.807) is 12.1 Å². The molecule has 6 rings (SSSR count). The van der Waals surface area contributed by atoms with Crippen molar-refractivity contribution < 1.29 is 18.9 Å². The molecule has 2 bridgehead atoms. The molecule has 1 aliphatic heterocycles. The summed E-state index contributed by atoms with van der Waals surface area (Å²) in [5.41, 5.74) is 2.53. The molecular weight excluding hydrogens is 487 g/mol. The fourth-order valence-corrected chi connectivity index (χ4v) is 7.15. The maximum Gasteiger partial charge on any atom is 0.481 e. The standard InChI is InChI=1S/C32H43BN2O4/c1-20(2)16-28(33-38-27-18-24-17-26(31(24,4)5)32(27,6)39-33)35-29(36)19-25(22-14-12-21(3)13-15-22)34-30(37)23-10-8-7-9-11-23/h7-15,20,24-28H,16-19H2,1-6H3,(H,34,37)(H,35,36)/t24-,25?,26-,27-,28+,32+/m1/s1. The first kappa shape index (κ1) is 27.9. The van der Waals surface area contributed by atoms with Crippen LogP contribution in [0.1, 0.15) is 87.8 Å². The quantitative estimate of drug-likeness (QED) is 0.411. The van der Waals surface area contributed by atoms with Gasteiger partial charge in [0.1, 0.15) is 0 Å². The van der Waals surface area contributed by atoms with Gasteiger partial charge in [-0.1, -0.05) is 75.7 Å². The lowest BCUT2D eigenvalue weighted by Gasteiger charge is -2.64. The first-order valence-corrected chi connectivity index (χ1v) is 14.5. The highest BCUT2D eigenvalue weighted by Gasteiger charge is 2.68. The summed E-state index contributed by atoms with van der Waals surface area (Å²) in [6.07, 6.45) is 3.15. The third-order valence-electron chi connectivity index (χ3n) is 9.58. The minimum Gasteiger partial charge on any atom is -0.404 e. The number of hydrogen-bond acceptors (Lipinski definition) is 4. The minimum absolute atomic E-state index is 0.0660. The summed E-state index contributed by atoms with van der Waals surface area (Å²) in [4.78, 5) is 26.6. The Balaban J connectivity index is 1.30. The van der Waals surface area contributed by atoms with Crippen LogP contribution in [0.5, 0.6) is 0 Å². The average molecular weight is 531 g/mol. The van der Waals surface area contributed by atoms with Crippen molar-refractivity contribution in [2.45, 2.75) is 90.9 Å². The number of carbonyl (C=O) groups is 2. The molecule has 6 nitrogen and oxygen atoms in total. The first-order chi connectivity index (χ1) is 18.5. The number of rotatable bonds is 9. The van der Waals surface area contributed by atoms with Crippen LogP contribution in [-0.2, 0) is 14.1 Å². The highest BCUT2D eigenvalue weighted by Crippen LogP contribution is 2.65. The molecule has 2 aromatic carbocycles. The Morgan fingerprint density at radius 2 is 1.69 bits per heavy atom. The van der Waals surface area contributed by atoms with E-state index in [0.29, 0.717) is 23.3 Å². The van der Waals surface area contributed by atoms with Gasteiger partial charge in [0.25, 0.3) is 5.91 Å². The summed E-state index contributed by atoms with van der Waals surface area (Å²) in [6.45, 7) is 13.2. The molecule has 2 aromatic rings. The van der Waals surface area contributed by atoms with E-state index in [0.717, 1.165) is 24.0 Å². The van der Waals surface area contributed by atoms with Gasteiger partial charge >= 0.3 is 7.12 Å². The zero-order chi connectivity index (χ0) is 27.9. The van der Waals surface area contributed by atoms with Crippen LogP contribution in [0.2, 0.25) is 0 Å². The summed E-state index contributed by atoms with van der Waals surface area (Å²) in [5, 5.41) is 6.34. The van der Waals surface area contributed by atoms with Crippen LogP contribution in [0.3, 0.4) is 0 Å². The number of carbonyl (C=O) groups excluding carboxylic acids is 2. The van der Waals surface area contributed by atoms with E-state index in [4.69, 9.17) is 9.31 Å². The number of amides is 2. The Morgan fingerprint density at radius 1 is 1.00 bits per heavy atom. The molecule has 1 saturated heterocycles. The number of benzene rings is 2. The van der Waals surface area contributed by atoms with Crippen LogP contribution in [-0.4, -0.2) is 36.6 Å². The molecule has 208 valence electrons. The normalized spacial score (nSPS) is 28.3. The van der Waals surface area contributed by atoms with Gasteiger partial charge in [-0.25, -0.2) is 0 Å². The number of aryl methyl sites for hydroxylation is 1. The Labute approximate surface area is 233 Å². The summed E-state index contributed by atoms with van der Waals surface area (Å²) < 4.78 is 13.3. The molecule has 3 saturated carbocycles. The molecule has 6 atom stereocenters. The van der Waals surface area contributed by atoms with Crippen molar-refractivity contribution in [3.63, 3.8) is 0 Å². The van der Waals surface area contributed by atoms with Gasteiger partial charge in [-0.15, -0.1) is 0 Å². The van der Waals surface area contributed by atoms with Crippen molar-refractivity contribution in [1.29, 1.82) is 0 Å². The van der Waals surface area contributed by atoms with Crippen molar-refractivity contribution >= 4 is 18.9 Å². The van der Waals surface area contributed by atoms with Crippen LogP contribution >= 0.6 is 0 Å². The second-order valence-electron chi connectivity index (χ2n) is 13.1. The highest BCUT2D eigenvalue weighted by molar-refractivity contribution is 6.47. The van der Waals surface area contributed by atoms with Crippen LogP contribution in [0.4, 0.5) is 0 Å². The maximum atomic E-state index is 13.6. The Hall–Kier alpha value is -2.64. The lowest BCUT2D eigenvalue weighted by molar-refractivity contribution is -0.199. The third kappa shape index (κ3) is 5.53.